The third kappa shape index (κ3) is 5.95. The number of carbonyl (C=O) groups excluding carboxylic acids is 1. The summed E-state index contributed by atoms with van der Waals surface area (Å²) >= 11 is 0. The summed E-state index contributed by atoms with van der Waals surface area (Å²) < 4.78 is 0. The largest absolute Gasteiger partial charge is 0.390 e. The van der Waals surface area contributed by atoms with Gasteiger partial charge in [0.2, 0.25) is 5.91 Å². The fourth-order valence-electron chi connectivity index (χ4n) is 3.44. The molecular formula is C17H32N2O2. The first-order valence-corrected chi connectivity index (χ1v) is 8.66. The van der Waals surface area contributed by atoms with Gasteiger partial charge in [0.25, 0.3) is 0 Å². The number of hydrogen-bond donors (Lipinski definition) is 1. The van der Waals surface area contributed by atoms with E-state index in [1.807, 2.05) is 18.7 Å². The van der Waals surface area contributed by atoms with Gasteiger partial charge in [-0.05, 0) is 32.6 Å². The van der Waals surface area contributed by atoms with E-state index in [4.69, 9.17) is 0 Å². The van der Waals surface area contributed by atoms with Gasteiger partial charge in [0, 0.05) is 39.1 Å². The molecule has 0 aromatic rings. The highest BCUT2D eigenvalue weighted by molar-refractivity contribution is 5.76. The summed E-state index contributed by atoms with van der Waals surface area (Å²) in [7, 11) is 0. The summed E-state index contributed by atoms with van der Waals surface area (Å²) in [5, 5.41) is 9.77. The molecule has 4 heteroatoms. The van der Waals surface area contributed by atoms with Gasteiger partial charge in [-0.3, -0.25) is 9.69 Å². The Balaban J connectivity index is 1.62. The van der Waals surface area contributed by atoms with Crippen molar-refractivity contribution in [1.82, 2.24) is 9.80 Å². The molecule has 1 N–H and O–H groups in total. The van der Waals surface area contributed by atoms with Crippen LogP contribution in [0.2, 0.25) is 0 Å². The van der Waals surface area contributed by atoms with Crippen LogP contribution in [0.15, 0.2) is 0 Å². The van der Waals surface area contributed by atoms with E-state index in [-0.39, 0.29) is 0 Å². The minimum atomic E-state index is -0.589. The molecule has 1 saturated carbocycles. The Labute approximate surface area is 129 Å². The summed E-state index contributed by atoms with van der Waals surface area (Å²) in [6, 6.07) is 0. The molecule has 1 amide bonds. The quantitative estimate of drug-likeness (QED) is 0.817. The third-order valence-electron chi connectivity index (χ3n) is 5.01. The Hall–Kier alpha value is -0.610. The third-order valence-corrected chi connectivity index (χ3v) is 5.01. The molecule has 2 fully saturated rings. The molecular weight excluding hydrogens is 264 g/mol. The topological polar surface area (TPSA) is 43.8 Å². The maximum atomic E-state index is 12.2. The molecule has 2 aliphatic rings. The van der Waals surface area contributed by atoms with E-state index in [1.54, 1.807) is 0 Å². The predicted octanol–water partition coefficient (Wildman–Crippen LogP) is 2.26. The van der Waals surface area contributed by atoms with Crippen LogP contribution in [0, 0.1) is 5.92 Å². The fourth-order valence-corrected chi connectivity index (χ4v) is 3.44. The number of amides is 1. The maximum absolute atomic E-state index is 12.2. The average Bonchev–Trinajstić information content (AvgIpc) is 2.95. The van der Waals surface area contributed by atoms with Crippen LogP contribution < -0.4 is 0 Å². The zero-order valence-electron chi connectivity index (χ0n) is 13.8. The zero-order chi connectivity index (χ0) is 15.3. The molecule has 21 heavy (non-hydrogen) atoms. The van der Waals surface area contributed by atoms with Crippen LogP contribution in [0.3, 0.4) is 0 Å². The van der Waals surface area contributed by atoms with E-state index < -0.39 is 5.60 Å². The smallest absolute Gasteiger partial charge is 0.222 e. The van der Waals surface area contributed by atoms with Crippen LogP contribution >= 0.6 is 0 Å². The van der Waals surface area contributed by atoms with Crippen molar-refractivity contribution >= 4 is 5.91 Å². The lowest BCUT2D eigenvalue weighted by Crippen LogP contribution is -2.49. The molecule has 0 unspecified atom stereocenters. The molecule has 1 saturated heterocycles. The van der Waals surface area contributed by atoms with Gasteiger partial charge < -0.3 is 10.0 Å². The molecule has 0 bridgehead atoms. The van der Waals surface area contributed by atoms with E-state index in [9.17, 15) is 9.90 Å². The van der Waals surface area contributed by atoms with Crippen LogP contribution in [-0.2, 0) is 4.79 Å². The molecule has 1 aliphatic heterocycles. The molecule has 4 nitrogen and oxygen atoms in total. The molecule has 1 aliphatic carbocycles. The van der Waals surface area contributed by atoms with Gasteiger partial charge in [0.05, 0.1) is 5.60 Å². The Kier molecular flexibility index (Phi) is 6.06. The molecule has 1 heterocycles. The second kappa shape index (κ2) is 7.59. The van der Waals surface area contributed by atoms with Crippen molar-refractivity contribution in [3.05, 3.63) is 0 Å². The lowest BCUT2D eigenvalue weighted by Gasteiger charge is -2.36. The standard InChI is InChI=1S/C17H32N2O2/c1-17(2,21)9-10-18-11-13-19(14-12-18)16(20)8-7-15-5-3-4-6-15/h15,21H,3-14H2,1-2H3. The van der Waals surface area contributed by atoms with Crippen molar-refractivity contribution in [1.29, 1.82) is 0 Å². The van der Waals surface area contributed by atoms with Crippen molar-refractivity contribution in [2.24, 2.45) is 5.92 Å². The van der Waals surface area contributed by atoms with Gasteiger partial charge in [-0.1, -0.05) is 25.7 Å². The summed E-state index contributed by atoms with van der Waals surface area (Å²) in [5.74, 6) is 1.16. The van der Waals surface area contributed by atoms with E-state index >= 15 is 0 Å². The number of rotatable bonds is 6. The zero-order valence-corrected chi connectivity index (χ0v) is 13.8. The summed E-state index contributed by atoms with van der Waals surface area (Å²) in [6.45, 7) is 8.25. The Bertz CT molecular complexity index is 324. The second-order valence-corrected chi connectivity index (χ2v) is 7.47. The molecule has 122 valence electrons. The Morgan fingerprint density at radius 2 is 1.76 bits per heavy atom. The van der Waals surface area contributed by atoms with Crippen molar-refractivity contribution < 1.29 is 9.90 Å². The van der Waals surface area contributed by atoms with E-state index in [2.05, 4.69) is 4.90 Å². The summed E-state index contributed by atoms with van der Waals surface area (Å²) in [5.41, 5.74) is -0.589. The average molecular weight is 296 g/mol. The van der Waals surface area contributed by atoms with Gasteiger partial charge in [0.1, 0.15) is 0 Å². The van der Waals surface area contributed by atoms with Crippen molar-refractivity contribution in [2.75, 3.05) is 32.7 Å². The molecule has 0 aromatic carbocycles. The monoisotopic (exact) mass is 296 g/mol. The molecule has 0 radical (unpaired) electrons. The minimum absolute atomic E-state index is 0.351. The normalized spacial score (nSPS) is 22.0. The summed E-state index contributed by atoms with van der Waals surface area (Å²) in [4.78, 5) is 16.6. The van der Waals surface area contributed by atoms with Crippen LogP contribution in [0.25, 0.3) is 0 Å². The molecule has 2 rings (SSSR count). The number of hydrogen-bond acceptors (Lipinski definition) is 3. The van der Waals surface area contributed by atoms with Crippen molar-refractivity contribution in [3.8, 4) is 0 Å². The van der Waals surface area contributed by atoms with E-state index in [0.29, 0.717) is 5.91 Å². The first-order chi connectivity index (χ1) is 9.94. The van der Waals surface area contributed by atoms with Crippen LogP contribution in [0.5, 0.6) is 0 Å². The minimum Gasteiger partial charge on any atom is -0.390 e. The first-order valence-electron chi connectivity index (χ1n) is 8.66. The van der Waals surface area contributed by atoms with Gasteiger partial charge in [-0.25, -0.2) is 0 Å². The van der Waals surface area contributed by atoms with Gasteiger partial charge in [-0.15, -0.1) is 0 Å². The van der Waals surface area contributed by atoms with Crippen molar-refractivity contribution in [2.45, 2.75) is 64.4 Å². The second-order valence-electron chi connectivity index (χ2n) is 7.47. The van der Waals surface area contributed by atoms with E-state index in [0.717, 1.165) is 57.9 Å². The SMILES string of the molecule is CC(C)(O)CCN1CCN(C(=O)CCC2CCCC2)CC1. The Morgan fingerprint density at radius 3 is 2.33 bits per heavy atom. The van der Waals surface area contributed by atoms with Gasteiger partial charge in [-0.2, -0.15) is 0 Å². The molecule has 0 aromatic heterocycles. The lowest BCUT2D eigenvalue weighted by molar-refractivity contribution is -0.133. The number of piperazine rings is 1. The maximum Gasteiger partial charge on any atom is 0.222 e. The highest BCUT2D eigenvalue weighted by Crippen LogP contribution is 2.28. The predicted molar refractivity (Wildman–Crippen MR) is 85.1 cm³/mol. The summed E-state index contributed by atoms with van der Waals surface area (Å²) in [6.07, 6.45) is 8.02. The van der Waals surface area contributed by atoms with Gasteiger partial charge >= 0.3 is 0 Å². The first kappa shape index (κ1) is 16.8. The number of aliphatic hydroxyl groups is 1. The van der Waals surface area contributed by atoms with Crippen LogP contribution in [0.4, 0.5) is 0 Å². The molecule has 0 atom stereocenters. The number of carbonyl (C=O) groups is 1. The van der Waals surface area contributed by atoms with Crippen molar-refractivity contribution in [3.63, 3.8) is 0 Å². The van der Waals surface area contributed by atoms with Crippen LogP contribution in [-0.4, -0.2) is 59.1 Å². The fraction of sp³-hybridized carbons (Fsp3) is 0.941. The Morgan fingerprint density at radius 1 is 1.14 bits per heavy atom. The van der Waals surface area contributed by atoms with E-state index in [1.165, 1.54) is 25.7 Å². The highest BCUT2D eigenvalue weighted by atomic mass is 16.3. The van der Waals surface area contributed by atoms with Gasteiger partial charge in [0.15, 0.2) is 0 Å². The van der Waals surface area contributed by atoms with Crippen LogP contribution in [0.1, 0.15) is 58.8 Å². The highest BCUT2D eigenvalue weighted by Gasteiger charge is 2.23. The number of nitrogens with zero attached hydrogens (tertiary/aromatic N) is 2. The lowest BCUT2D eigenvalue weighted by atomic mass is 10.0. The molecule has 0 spiro atoms.